The zero-order chi connectivity index (χ0) is 14.8. The van der Waals surface area contributed by atoms with Crippen molar-refractivity contribution in [2.75, 3.05) is 6.61 Å². The minimum atomic E-state index is -1.86. The number of rotatable bonds is 4. The van der Waals surface area contributed by atoms with Crippen LogP contribution in [0, 0.1) is 30.9 Å². The van der Waals surface area contributed by atoms with Crippen molar-refractivity contribution in [3.05, 3.63) is 44.5 Å². The van der Waals surface area contributed by atoms with Crippen molar-refractivity contribution in [3.63, 3.8) is 0 Å². The number of carbonyl (C=O) groups excluding carboxylic acids is 1. The van der Waals surface area contributed by atoms with E-state index in [1.807, 2.05) is 19.1 Å². The topological polar surface area (TPSA) is 69.4 Å². The molecule has 5 heteroatoms. The second kappa shape index (κ2) is 5.38. The zero-order valence-corrected chi connectivity index (χ0v) is 11.9. The Morgan fingerprint density at radius 2 is 1.79 bits per heavy atom. The van der Waals surface area contributed by atoms with E-state index in [9.17, 15) is 14.9 Å². The second-order valence-electron chi connectivity index (χ2n) is 4.82. The fraction of sp³-hybridized carbons (Fsp3) is 0.500. The third-order valence-electron chi connectivity index (χ3n) is 3.20. The Morgan fingerprint density at radius 3 is 2.16 bits per heavy atom. The number of benzene rings is 1. The van der Waals surface area contributed by atoms with Crippen LogP contribution in [-0.4, -0.2) is 17.5 Å². The maximum Gasteiger partial charge on any atom is 0.389 e. The van der Waals surface area contributed by atoms with Crippen LogP contribution in [0.25, 0.3) is 0 Å². The lowest BCUT2D eigenvalue weighted by molar-refractivity contribution is -0.559. The minimum Gasteiger partial charge on any atom is -0.460 e. The predicted molar refractivity (Wildman–Crippen MR) is 71.6 cm³/mol. The molecular weight excluding hydrogens is 246 g/mol. The first-order chi connectivity index (χ1) is 8.75. The van der Waals surface area contributed by atoms with Crippen LogP contribution >= 0.6 is 0 Å². The van der Waals surface area contributed by atoms with Crippen LogP contribution in [0.2, 0.25) is 0 Å². The molecule has 1 rings (SSSR count). The molecule has 0 aliphatic rings. The molecule has 0 radical (unpaired) electrons. The Labute approximate surface area is 112 Å². The van der Waals surface area contributed by atoms with Crippen LogP contribution in [0.4, 0.5) is 0 Å². The van der Waals surface area contributed by atoms with Gasteiger partial charge in [-0.2, -0.15) is 0 Å². The molecule has 0 aliphatic carbocycles. The van der Waals surface area contributed by atoms with E-state index in [0.29, 0.717) is 5.56 Å². The number of carbonyl (C=O) groups is 1. The number of esters is 1. The molecule has 0 saturated heterocycles. The Balaban J connectivity index is 3.52. The van der Waals surface area contributed by atoms with E-state index in [2.05, 4.69) is 0 Å². The van der Waals surface area contributed by atoms with Crippen molar-refractivity contribution in [2.24, 2.45) is 0 Å². The molecule has 19 heavy (non-hydrogen) atoms. The van der Waals surface area contributed by atoms with Gasteiger partial charge in [0.15, 0.2) is 0 Å². The molecule has 0 saturated carbocycles. The SMILES string of the molecule is CCOC(=O)C(C)(c1c(C)cc(C)cc1C)[N+](=O)[O-]. The summed E-state index contributed by atoms with van der Waals surface area (Å²) >= 11 is 0. The highest BCUT2D eigenvalue weighted by Crippen LogP contribution is 2.32. The first kappa shape index (κ1) is 15.1. The lowest BCUT2D eigenvalue weighted by atomic mass is 9.85. The van der Waals surface area contributed by atoms with Crippen LogP contribution in [0.5, 0.6) is 0 Å². The van der Waals surface area contributed by atoms with Crippen molar-refractivity contribution < 1.29 is 14.5 Å². The molecule has 0 aliphatic heterocycles. The van der Waals surface area contributed by atoms with Crippen LogP contribution in [0.1, 0.15) is 36.1 Å². The van der Waals surface area contributed by atoms with Crippen molar-refractivity contribution in [2.45, 2.75) is 40.2 Å². The summed E-state index contributed by atoms with van der Waals surface area (Å²) in [5, 5.41) is 11.4. The van der Waals surface area contributed by atoms with Crippen molar-refractivity contribution in [1.82, 2.24) is 0 Å². The number of hydrogen-bond acceptors (Lipinski definition) is 4. The maximum atomic E-state index is 12.0. The first-order valence-electron chi connectivity index (χ1n) is 6.15. The van der Waals surface area contributed by atoms with Gasteiger partial charge in [-0.15, -0.1) is 0 Å². The molecule has 1 unspecified atom stereocenters. The molecule has 0 amide bonds. The molecule has 0 bridgehead atoms. The second-order valence-corrected chi connectivity index (χ2v) is 4.82. The number of hydrogen-bond donors (Lipinski definition) is 0. The van der Waals surface area contributed by atoms with Crippen LogP contribution < -0.4 is 0 Å². The smallest absolute Gasteiger partial charge is 0.389 e. The fourth-order valence-corrected chi connectivity index (χ4v) is 2.49. The average Bonchev–Trinajstić information content (AvgIpc) is 2.27. The van der Waals surface area contributed by atoms with Gasteiger partial charge in [0.2, 0.25) is 0 Å². The summed E-state index contributed by atoms with van der Waals surface area (Å²) in [6.45, 7) is 8.51. The minimum absolute atomic E-state index is 0.117. The Bertz CT molecular complexity index is 501. The number of aryl methyl sites for hydroxylation is 3. The van der Waals surface area contributed by atoms with Gasteiger partial charge >= 0.3 is 11.5 Å². The molecule has 0 N–H and O–H groups in total. The van der Waals surface area contributed by atoms with E-state index in [-0.39, 0.29) is 6.61 Å². The zero-order valence-electron chi connectivity index (χ0n) is 11.9. The largest absolute Gasteiger partial charge is 0.460 e. The van der Waals surface area contributed by atoms with Gasteiger partial charge in [0.1, 0.15) is 0 Å². The van der Waals surface area contributed by atoms with E-state index in [1.165, 1.54) is 6.92 Å². The van der Waals surface area contributed by atoms with Crippen LogP contribution in [0.15, 0.2) is 12.1 Å². The standard InChI is InChI=1S/C14H19NO4/c1-6-19-13(16)14(5,15(17)18)12-10(3)7-9(2)8-11(12)4/h7-8H,6H2,1-5H3. The Kier molecular flexibility index (Phi) is 4.29. The molecule has 1 atom stereocenters. The number of nitro groups is 1. The summed E-state index contributed by atoms with van der Waals surface area (Å²) in [5.41, 5.74) is 1.02. The van der Waals surface area contributed by atoms with Crippen molar-refractivity contribution in [3.8, 4) is 0 Å². The van der Waals surface area contributed by atoms with Gasteiger partial charge in [0.25, 0.3) is 0 Å². The number of ether oxygens (including phenoxy) is 1. The quantitative estimate of drug-likeness (QED) is 0.477. The summed E-state index contributed by atoms with van der Waals surface area (Å²) in [7, 11) is 0. The van der Waals surface area contributed by atoms with E-state index in [1.54, 1.807) is 20.8 Å². The fourth-order valence-electron chi connectivity index (χ4n) is 2.49. The van der Waals surface area contributed by atoms with Gasteiger partial charge in [-0.05, 0) is 38.8 Å². The summed E-state index contributed by atoms with van der Waals surface area (Å²) in [6.07, 6.45) is 0. The lowest BCUT2D eigenvalue weighted by Gasteiger charge is -2.23. The monoisotopic (exact) mass is 265 g/mol. The molecule has 1 aromatic rings. The van der Waals surface area contributed by atoms with Gasteiger partial charge in [0, 0.05) is 17.4 Å². The molecular formula is C14H19NO4. The lowest BCUT2D eigenvalue weighted by Crippen LogP contribution is -2.43. The summed E-state index contributed by atoms with van der Waals surface area (Å²) in [6, 6.07) is 3.67. The third-order valence-corrected chi connectivity index (χ3v) is 3.20. The highest BCUT2D eigenvalue weighted by molar-refractivity contribution is 5.81. The normalized spacial score (nSPS) is 13.7. The summed E-state index contributed by atoms with van der Waals surface area (Å²) < 4.78 is 4.88. The molecule has 0 spiro atoms. The summed E-state index contributed by atoms with van der Waals surface area (Å²) in [5.74, 6) is -0.824. The molecule has 1 aromatic carbocycles. The van der Waals surface area contributed by atoms with Crippen molar-refractivity contribution >= 4 is 5.97 Å². The Hall–Kier alpha value is -1.91. The van der Waals surface area contributed by atoms with Crippen molar-refractivity contribution in [1.29, 1.82) is 0 Å². The average molecular weight is 265 g/mol. The highest BCUT2D eigenvalue weighted by Gasteiger charge is 2.51. The van der Waals surface area contributed by atoms with Crippen LogP contribution in [0.3, 0.4) is 0 Å². The van der Waals surface area contributed by atoms with Gasteiger partial charge in [-0.25, -0.2) is 4.79 Å². The van der Waals surface area contributed by atoms with E-state index in [0.717, 1.165) is 16.7 Å². The molecule has 0 heterocycles. The Morgan fingerprint density at radius 1 is 1.32 bits per heavy atom. The summed E-state index contributed by atoms with van der Waals surface area (Å²) in [4.78, 5) is 22.9. The van der Waals surface area contributed by atoms with E-state index < -0.39 is 16.4 Å². The molecule has 0 fully saturated rings. The number of nitrogens with zero attached hydrogens (tertiary/aromatic N) is 1. The first-order valence-corrected chi connectivity index (χ1v) is 6.15. The molecule has 5 nitrogen and oxygen atoms in total. The van der Waals surface area contributed by atoms with E-state index in [4.69, 9.17) is 4.74 Å². The molecule has 0 aromatic heterocycles. The predicted octanol–water partition coefficient (Wildman–Crippen LogP) is 2.67. The van der Waals surface area contributed by atoms with Gasteiger partial charge in [-0.1, -0.05) is 17.7 Å². The van der Waals surface area contributed by atoms with E-state index >= 15 is 0 Å². The molecule has 104 valence electrons. The third kappa shape index (κ3) is 2.59. The maximum absolute atomic E-state index is 12.0. The van der Waals surface area contributed by atoms with Gasteiger partial charge in [0.05, 0.1) is 6.61 Å². The van der Waals surface area contributed by atoms with Gasteiger partial charge < -0.3 is 4.74 Å². The highest BCUT2D eigenvalue weighted by atomic mass is 16.6. The van der Waals surface area contributed by atoms with Crippen LogP contribution in [-0.2, 0) is 15.1 Å². The van der Waals surface area contributed by atoms with Gasteiger partial charge in [-0.3, -0.25) is 10.1 Å².